The van der Waals surface area contributed by atoms with Crippen LogP contribution in [0.5, 0.6) is 0 Å². The third-order valence-electron chi connectivity index (χ3n) is 2.28. The summed E-state index contributed by atoms with van der Waals surface area (Å²) in [6.07, 6.45) is 2.25. The Bertz CT molecular complexity index is 168. The molecule has 0 aromatic heterocycles. The van der Waals surface area contributed by atoms with Gasteiger partial charge in [-0.25, -0.2) is 0 Å². The van der Waals surface area contributed by atoms with Crippen LogP contribution in [0.15, 0.2) is 0 Å². The molecule has 12 heavy (non-hydrogen) atoms. The predicted octanol–water partition coefficient (Wildman–Crippen LogP) is 0.672. The topological polar surface area (TPSA) is 49.3 Å². The Hall–Kier alpha value is -0.570. The van der Waals surface area contributed by atoms with Crippen LogP contribution in [0.2, 0.25) is 0 Å². The summed E-state index contributed by atoms with van der Waals surface area (Å²) < 4.78 is 0. The summed E-state index contributed by atoms with van der Waals surface area (Å²) in [7, 11) is 0. The molecular formula is C9H17NO2. The highest BCUT2D eigenvalue weighted by Crippen LogP contribution is 2.18. The standard InChI is InChI=1S/C9H17NO2/c1-6(2)9(12)10-7-3-4-8(11)5-7/h6-8,11H,3-5H2,1-2H3,(H,10,12)/t7-,8+/m1/s1. The van der Waals surface area contributed by atoms with E-state index in [1.54, 1.807) is 0 Å². The summed E-state index contributed by atoms with van der Waals surface area (Å²) in [6.45, 7) is 3.75. The van der Waals surface area contributed by atoms with Gasteiger partial charge in [-0.3, -0.25) is 4.79 Å². The Kier molecular flexibility index (Phi) is 3.09. The molecular weight excluding hydrogens is 154 g/mol. The van der Waals surface area contributed by atoms with Gasteiger partial charge in [-0.05, 0) is 19.3 Å². The second-order valence-corrected chi connectivity index (χ2v) is 3.83. The monoisotopic (exact) mass is 171 g/mol. The number of rotatable bonds is 2. The maximum absolute atomic E-state index is 11.2. The number of carbonyl (C=O) groups excluding carboxylic acids is 1. The molecule has 0 aliphatic heterocycles. The van der Waals surface area contributed by atoms with E-state index in [2.05, 4.69) is 5.32 Å². The molecule has 0 spiro atoms. The van der Waals surface area contributed by atoms with Crippen molar-refractivity contribution in [2.45, 2.75) is 45.3 Å². The fourth-order valence-corrected chi connectivity index (χ4v) is 1.46. The van der Waals surface area contributed by atoms with Crippen molar-refractivity contribution in [3.8, 4) is 0 Å². The Labute approximate surface area is 73.2 Å². The second kappa shape index (κ2) is 3.90. The Morgan fingerprint density at radius 3 is 2.58 bits per heavy atom. The van der Waals surface area contributed by atoms with E-state index >= 15 is 0 Å². The molecule has 1 amide bonds. The summed E-state index contributed by atoms with van der Waals surface area (Å²) in [5.74, 6) is 0.136. The molecule has 1 saturated carbocycles. The zero-order valence-corrected chi connectivity index (χ0v) is 7.71. The smallest absolute Gasteiger partial charge is 0.222 e. The maximum atomic E-state index is 11.2. The number of carbonyl (C=O) groups is 1. The average Bonchev–Trinajstić information content (AvgIpc) is 2.35. The van der Waals surface area contributed by atoms with Crippen LogP contribution in [0.4, 0.5) is 0 Å². The van der Waals surface area contributed by atoms with Crippen molar-refractivity contribution in [1.29, 1.82) is 0 Å². The summed E-state index contributed by atoms with van der Waals surface area (Å²) in [6, 6.07) is 0.204. The second-order valence-electron chi connectivity index (χ2n) is 3.83. The van der Waals surface area contributed by atoms with Gasteiger partial charge in [0.25, 0.3) is 0 Å². The number of amides is 1. The average molecular weight is 171 g/mol. The van der Waals surface area contributed by atoms with E-state index in [9.17, 15) is 9.90 Å². The molecule has 0 aromatic rings. The number of aliphatic hydroxyl groups is 1. The summed E-state index contributed by atoms with van der Waals surface area (Å²) >= 11 is 0. The van der Waals surface area contributed by atoms with Crippen LogP contribution in [0.1, 0.15) is 33.1 Å². The first-order valence-electron chi connectivity index (χ1n) is 4.58. The molecule has 1 aliphatic rings. The molecule has 1 aliphatic carbocycles. The van der Waals surface area contributed by atoms with Crippen molar-refractivity contribution in [2.75, 3.05) is 0 Å². The van der Waals surface area contributed by atoms with Gasteiger partial charge in [0.15, 0.2) is 0 Å². The van der Waals surface area contributed by atoms with Gasteiger partial charge in [0.05, 0.1) is 6.10 Å². The number of hydrogen-bond donors (Lipinski definition) is 2. The molecule has 70 valence electrons. The van der Waals surface area contributed by atoms with Crippen molar-refractivity contribution in [3.63, 3.8) is 0 Å². The lowest BCUT2D eigenvalue weighted by Crippen LogP contribution is -2.36. The molecule has 0 bridgehead atoms. The highest BCUT2D eigenvalue weighted by Gasteiger charge is 2.24. The largest absolute Gasteiger partial charge is 0.393 e. The first-order valence-corrected chi connectivity index (χ1v) is 4.58. The summed E-state index contributed by atoms with van der Waals surface area (Å²) in [5.41, 5.74) is 0. The lowest BCUT2D eigenvalue weighted by molar-refractivity contribution is -0.124. The van der Waals surface area contributed by atoms with E-state index in [0.717, 1.165) is 19.3 Å². The molecule has 0 unspecified atom stereocenters. The quantitative estimate of drug-likeness (QED) is 0.641. The van der Waals surface area contributed by atoms with Crippen LogP contribution in [0, 0.1) is 5.92 Å². The van der Waals surface area contributed by atoms with Crippen LogP contribution >= 0.6 is 0 Å². The fourth-order valence-electron chi connectivity index (χ4n) is 1.46. The first kappa shape index (κ1) is 9.52. The van der Waals surface area contributed by atoms with E-state index in [1.807, 2.05) is 13.8 Å². The molecule has 0 saturated heterocycles. The van der Waals surface area contributed by atoms with Crippen molar-refractivity contribution in [1.82, 2.24) is 5.32 Å². The molecule has 1 fully saturated rings. The summed E-state index contributed by atoms with van der Waals surface area (Å²) in [5, 5.41) is 12.1. The zero-order chi connectivity index (χ0) is 9.14. The van der Waals surface area contributed by atoms with Crippen molar-refractivity contribution >= 4 is 5.91 Å². The van der Waals surface area contributed by atoms with Gasteiger partial charge in [0.2, 0.25) is 5.91 Å². The van der Waals surface area contributed by atoms with Crippen LogP contribution in [-0.4, -0.2) is 23.2 Å². The van der Waals surface area contributed by atoms with Gasteiger partial charge in [-0.2, -0.15) is 0 Å². The van der Waals surface area contributed by atoms with Crippen molar-refractivity contribution in [2.24, 2.45) is 5.92 Å². The lowest BCUT2D eigenvalue weighted by atomic mass is 10.1. The third kappa shape index (κ3) is 2.48. The molecule has 0 radical (unpaired) electrons. The Morgan fingerprint density at radius 2 is 2.17 bits per heavy atom. The van der Waals surface area contributed by atoms with Crippen molar-refractivity contribution < 1.29 is 9.90 Å². The Morgan fingerprint density at radius 1 is 1.50 bits per heavy atom. The number of nitrogens with one attached hydrogen (secondary N) is 1. The zero-order valence-electron chi connectivity index (χ0n) is 7.71. The van der Waals surface area contributed by atoms with Crippen LogP contribution in [0.3, 0.4) is 0 Å². The first-order chi connectivity index (χ1) is 5.59. The van der Waals surface area contributed by atoms with Crippen molar-refractivity contribution in [3.05, 3.63) is 0 Å². The minimum atomic E-state index is -0.206. The van der Waals surface area contributed by atoms with E-state index < -0.39 is 0 Å². The molecule has 2 N–H and O–H groups in total. The van der Waals surface area contributed by atoms with Gasteiger partial charge < -0.3 is 10.4 Å². The van der Waals surface area contributed by atoms with Gasteiger partial charge in [-0.1, -0.05) is 13.8 Å². The van der Waals surface area contributed by atoms with E-state index in [1.165, 1.54) is 0 Å². The minimum Gasteiger partial charge on any atom is -0.393 e. The van der Waals surface area contributed by atoms with E-state index in [0.29, 0.717) is 0 Å². The van der Waals surface area contributed by atoms with Gasteiger partial charge in [-0.15, -0.1) is 0 Å². The SMILES string of the molecule is CC(C)C(=O)N[C@@H]1CC[C@H](O)C1. The minimum absolute atomic E-state index is 0.0442. The summed E-state index contributed by atoms with van der Waals surface area (Å²) in [4.78, 5) is 11.2. The van der Waals surface area contributed by atoms with Gasteiger partial charge in [0.1, 0.15) is 0 Å². The van der Waals surface area contributed by atoms with Crippen LogP contribution in [-0.2, 0) is 4.79 Å². The van der Waals surface area contributed by atoms with E-state index in [4.69, 9.17) is 0 Å². The Balaban J connectivity index is 2.28. The van der Waals surface area contributed by atoms with Gasteiger partial charge in [0, 0.05) is 12.0 Å². The third-order valence-corrected chi connectivity index (χ3v) is 2.28. The molecule has 1 rings (SSSR count). The number of hydrogen-bond acceptors (Lipinski definition) is 2. The molecule has 0 heterocycles. The fraction of sp³-hybridized carbons (Fsp3) is 0.889. The molecule has 0 aromatic carbocycles. The van der Waals surface area contributed by atoms with E-state index in [-0.39, 0.29) is 24.0 Å². The molecule has 2 atom stereocenters. The van der Waals surface area contributed by atoms with Crippen LogP contribution < -0.4 is 5.32 Å². The number of aliphatic hydroxyl groups excluding tert-OH is 1. The van der Waals surface area contributed by atoms with Crippen LogP contribution in [0.25, 0.3) is 0 Å². The highest BCUT2D eigenvalue weighted by atomic mass is 16.3. The highest BCUT2D eigenvalue weighted by molar-refractivity contribution is 5.78. The predicted molar refractivity (Wildman–Crippen MR) is 46.6 cm³/mol. The molecule has 3 heteroatoms. The molecule has 3 nitrogen and oxygen atoms in total. The normalized spacial score (nSPS) is 29.3. The maximum Gasteiger partial charge on any atom is 0.222 e. The van der Waals surface area contributed by atoms with Gasteiger partial charge >= 0.3 is 0 Å². The lowest BCUT2D eigenvalue weighted by Gasteiger charge is -2.13.